The molecule has 2 saturated carbocycles. The molecule has 4 aromatic rings. The van der Waals surface area contributed by atoms with Crippen molar-refractivity contribution in [2.24, 2.45) is 0 Å². The van der Waals surface area contributed by atoms with Crippen molar-refractivity contribution >= 4 is 26.6 Å². The number of nitrogens with one attached hydrogen (secondary N) is 1. The summed E-state index contributed by atoms with van der Waals surface area (Å²) >= 11 is 0. The molecular formula is C26H25N5O4S. The largest absolute Gasteiger partial charge is 0.485 e. The van der Waals surface area contributed by atoms with Gasteiger partial charge in [0.05, 0.1) is 22.0 Å². The minimum absolute atomic E-state index is 0.166. The van der Waals surface area contributed by atoms with Crippen LogP contribution in [0.5, 0.6) is 5.75 Å². The summed E-state index contributed by atoms with van der Waals surface area (Å²) in [6, 6.07) is 15.8. The molecule has 0 amide bonds. The smallest absolute Gasteiger partial charge is 0.235 e. The fraction of sp³-hybridized carbons (Fsp3) is 0.346. The van der Waals surface area contributed by atoms with Crippen LogP contribution < -0.4 is 9.46 Å². The van der Waals surface area contributed by atoms with Crippen LogP contribution >= 0.6 is 0 Å². The molecule has 0 spiro atoms. The van der Waals surface area contributed by atoms with Gasteiger partial charge in [-0.15, -0.1) is 0 Å². The maximum atomic E-state index is 12.3. The molecule has 2 fully saturated rings. The predicted octanol–water partition coefficient (Wildman–Crippen LogP) is 5.08. The summed E-state index contributed by atoms with van der Waals surface area (Å²) in [4.78, 5) is 4.16. The van der Waals surface area contributed by atoms with Gasteiger partial charge in [-0.25, -0.2) is 8.42 Å². The first kappa shape index (κ1) is 22.6. The first-order valence-corrected chi connectivity index (χ1v) is 13.6. The molecule has 0 bridgehead atoms. The van der Waals surface area contributed by atoms with E-state index in [1.54, 1.807) is 19.1 Å². The number of nitrogens with zero attached hydrogens (tertiary/aromatic N) is 4. The van der Waals surface area contributed by atoms with Crippen LogP contribution in [0.1, 0.15) is 55.4 Å². The highest BCUT2D eigenvalue weighted by atomic mass is 32.2. The lowest BCUT2D eigenvalue weighted by atomic mass is 9.92. The van der Waals surface area contributed by atoms with E-state index in [9.17, 15) is 13.7 Å². The van der Waals surface area contributed by atoms with Gasteiger partial charge in [0, 0.05) is 24.0 Å². The summed E-state index contributed by atoms with van der Waals surface area (Å²) in [6.07, 6.45) is 4.67. The van der Waals surface area contributed by atoms with E-state index in [4.69, 9.17) is 9.26 Å². The lowest BCUT2D eigenvalue weighted by Gasteiger charge is -2.30. The Morgan fingerprint density at radius 3 is 2.56 bits per heavy atom. The van der Waals surface area contributed by atoms with Gasteiger partial charge in [0.2, 0.25) is 21.7 Å². The number of aromatic nitrogens is 3. The van der Waals surface area contributed by atoms with Gasteiger partial charge in [-0.3, -0.25) is 4.72 Å². The number of aryl methyl sites for hydroxylation is 1. The second-order valence-corrected chi connectivity index (χ2v) is 11.4. The monoisotopic (exact) mass is 503 g/mol. The lowest BCUT2D eigenvalue weighted by molar-refractivity contribution is 0.286. The number of nitriles is 1. The Morgan fingerprint density at radius 2 is 1.94 bits per heavy atom. The van der Waals surface area contributed by atoms with Crippen molar-refractivity contribution < 1.29 is 17.7 Å². The second-order valence-electron chi connectivity index (χ2n) is 9.41. The number of hydrogen-bond acceptors (Lipinski definition) is 7. The summed E-state index contributed by atoms with van der Waals surface area (Å²) in [5, 5.41) is 14.6. The van der Waals surface area contributed by atoms with Crippen LogP contribution in [-0.4, -0.2) is 28.4 Å². The first-order valence-electron chi connectivity index (χ1n) is 12.0. The highest BCUT2D eigenvalue weighted by molar-refractivity contribution is 7.93. The van der Waals surface area contributed by atoms with Crippen molar-refractivity contribution in [1.82, 2.24) is 14.7 Å². The van der Waals surface area contributed by atoms with Crippen LogP contribution in [0.25, 0.3) is 22.2 Å². The minimum atomic E-state index is -3.33. The Balaban J connectivity index is 1.37. The molecule has 184 valence electrons. The Morgan fingerprint density at radius 1 is 1.17 bits per heavy atom. The SMILES string of the molecule is Cc1nc(COc2ccc3c(c2)c(C#N)c(-c2ccc(NS(=O)(=O)C4CC4)cc2)n3C2CCC2)no1. The van der Waals surface area contributed by atoms with E-state index in [1.807, 2.05) is 30.3 Å². The zero-order chi connectivity index (χ0) is 24.9. The molecule has 0 atom stereocenters. The normalized spacial score (nSPS) is 16.0. The van der Waals surface area contributed by atoms with Gasteiger partial charge in [0.1, 0.15) is 11.8 Å². The third kappa shape index (κ3) is 4.09. The number of hydrogen-bond donors (Lipinski definition) is 1. The Labute approximate surface area is 208 Å². The van der Waals surface area contributed by atoms with Crippen LogP contribution in [0.3, 0.4) is 0 Å². The number of ether oxygens (including phenoxy) is 1. The van der Waals surface area contributed by atoms with E-state index in [0.717, 1.165) is 41.4 Å². The van der Waals surface area contributed by atoms with Gasteiger partial charge in [-0.2, -0.15) is 10.2 Å². The summed E-state index contributed by atoms with van der Waals surface area (Å²) in [5.41, 5.74) is 3.80. The van der Waals surface area contributed by atoms with Crippen LogP contribution in [0.4, 0.5) is 5.69 Å². The van der Waals surface area contributed by atoms with Crippen molar-refractivity contribution in [3.05, 3.63) is 59.7 Å². The average Bonchev–Trinajstić information content (AvgIpc) is 3.55. The predicted molar refractivity (Wildman–Crippen MR) is 134 cm³/mol. The topological polar surface area (TPSA) is 123 Å². The maximum Gasteiger partial charge on any atom is 0.235 e. The molecule has 0 saturated heterocycles. The molecule has 2 aliphatic carbocycles. The molecule has 2 heterocycles. The summed E-state index contributed by atoms with van der Waals surface area (Å²) in [7, 11) is -3.33. The number of benzene rings is 2. The third-order valence-corrected chi connectivity index (χ3v) is 8.71. The van der Waals surface area contributed by atoms with Gasteiger partial charge >= 0.3 is 0 Å². The number of rotatable bonds is 8. The number of sulfonamides is 1. The number of fused-ring (bicyclic) bond motifs is 1. The average molecular weight is 504 g/mol. The molecule has 0 aliphatic heterocycles. The quantitative estimate of drug-likeness (QED) is 0.356. The molecule has 0 unspecified atom stereocenters. The Hall–Kier alpha value is -3.84. The van der Waals surface area contributed by atoms with E-state index in [-0.39, 0.29) is 11.9 Å². The zero-order valence-corrected chi connectivity index (χ0v) is 20.6. The van der Waals surface area contributed by atoms with E-state index < -0.39 is 10.0 Å². The van der Waals surface area contributed by atoms with Crippen LogP contribution in [-0.2, 0) is 16.6 Å². The van der Waals surface area contributed by atoms with Gasteiger partial charge in [0.15, 0.2) is 6.61 Å². The van der Waals surface area contributed by atoms with Crippen molar-refractivity contribution in [2.45, 2.75) is 56.9 Å². The summed E-state index contributed by atoms with van der Waals surface area (Å²) in [5.74, 6) is 1.55. The molecule has 0 radical (unpaired) electrons. The molecule has 2 aliphatic rings. The lowest BCUT2D eigenvalue weighted by Crippen LogP contribution is -2.18. The summed E-state index contributed by atoms with van der Waals surface area (Å²) < 4.78 is 40.5. The van der Waals surface area contributed by atoms with Crippen molar-refractivity contribution in [1.29, 1.82) is 5.26 Å². The molecule has 2 aromatic heterocycles. The van der Waals surface area contributed by atoms with Crippen molar-refractivity contribution in [2.75, 3.05) is 4.72 Å². The highest BCUT2D eigenvalue weighted by Crippen LogP contribution is 2.43. The van der Waals surface area contributed by atoms with Crippen LogP contribution in [0.2, 0.25) is 0 Å². The molecule has 2 aromatic carbocycles. The first-order chi connectivity index (χ1) is 17.4. The van der Waals surface area contributed by atoms with E-state index in [1.165, 1.54) is 0 Å². The minimum Gasteiger partial charge on any atom is -0.485 e. The van der Waals surface area contributed by atoms with Crippen LogP contribution in [0.15, 0.2) is 47.0 Å². The summed E-state index contributed by atoms with van der Waals surface area (Å²) in [6.45, 7) is 1.89. The van der Waals surface area contributed by atoms with Crippen molar-refractivity contribution in [3.8, 4) is 23.1 Å². The van der Waals surface area contributed by atoms with Gasteiger partial charge < -0.3 is 13.8 Å². The van der Waals surface area contributed by atoms with Crippen LogP contribution in [0, 0.1) is 18.3 Å². The van der Waals surface area contributed by atoms with Gasteiger partial charge in [0.25, 0.3) is 0 Å². The molecular weight excluding hydrogens is 478 g/mol. The molecule has 36 heavy (non-hydrogen) atoms. The molecule has 6 rings (SSSR count). The second kappa shape index (κ2) is 8.68. The Kier molecular flexibility index (Phi) is 5.45. The van der Waals surface area contributed by atoms with Gasteiger partial charge in [-0.05, 0) is 68.0 Å². The third-order valence-electron chi connectivity index (χ3n) is 6.85. The standard InChI is InChI=1S/C26H25N5O4S/c1-16-28-25(29-35-16)15-34-20-9-12-24-22(13-20)23(14-27)26(31(24)19-3-2-4-19)17-5-7-18(8-6-17)30-36(32,33)21-10-11-21/h5-9,12-13,19,21,30H,2-4,10-11,15H2,1H3. The molecule has 1 N–H and O–H groups in total. The number of anilines is 1. The van der Waals surface area contributed by atoms with Gasteiger partial charge in [-0.1, -0.05) is 17.3 Å². The molecule has 9 nitrogen and oxygen atoms in total. The fourth-order valence-corrected chi connectivity index (χ4v) is 6.06. The maximum absolute atomic E-state index is 12.3. The Bertz CT molecular complexity index is 1590. The van der Waals surface area contributed by atoms with E-state index in [0.29, 0.717) is 47.6 Å². The van der Waals surface area contributed by atoms with Crippen molar-refractivity contribution in [3.63, 3.8) is 0 Å². The molecule has 10 heteroatoms. The van der Waals surface area contributed by atoms with E-state index in [2.05, 4.69) is 25.5 Å². The zero-order valence-electron chi connectivity index (χ0n) is 19.8. The highest BCUT2D eigenvalue weighted by Gasteiger charge is 2.35. The fourth-order valence-electron chi connectivity index (χ4n) is 4.67. The van der Waals surface area contributed by atoms with E-state index >= 15 is 0 Å².